The lowest BCUT2D eigenvalue weighted by atomic mass is 10.1. The Morgan fingerprint density at radius 3 is 1.74 bits per heavy atom. The molecule has 1 amide bonds. The molecule has 0 atom stereocenters. The number of carbonyl (C=O) groups is 1. The van der Waals surface area contributed by atoms with Crippen molar-refractivity contribution in [3.63, 3.8) is 0 Å². The van der Waals surface area contributed by atoms with Crippen LogP contribution in [-0.4, -0.2) is 12.5 Å². The summed E-state index contributed by atoms with van der Waals surface area (Å²) in [6, 6.07) is 0.674. The van der Waals surface area contributed by atoms with Gasteiger partial charge in [0.15, 0.2) is 6.61 Å². The Morgan fingerprint density at radius 2 is 1.42 bits per heavy atom. The number of carbonyl (C=O) groups excluding carboxylic acids is 1. The minimum absolute atomic E-state index is 0.0445. The van der Waals surface area contributed by atoms with Gasteiger partial charge >= 0.3 is 12.4 Å². The molecule has 2 N–H and O–H groups in total. The van der Waals surface area contributed by atoms with Crippen LogP contribution in [0.4, 0.5) is 26.3 Å². The third-order valence-electron chi connectivity index (χ3n) is 1.94. The number of ether oxygens (including phenoxy) is 1. The Hall–Kier alpha value is -1.93. The molecule has 0 saturated heterocycles. The van der Waals surface area contributed by atoms with Crippen LogP contribution >= 0.6 is 0 Å². The molecule has 0 bridgehead atoms. The molecule has 106 valence electrons. The van der Waals surface area contributed by atoms with Crippen molar-refractivity contribution >= 4 is 5.91 Å². The van der Waals surface area contributed by atoms with Crippen LogP contribution in [0.2, 0.25) is 0 Å². The lowest BCUT2D eigenvalue weighted by Crippen LogP contribution is -2.20. The molecule has 0 aliphatic heterocycles. The summed E-state index contributed by atoms with van der Waals surface area (Å²) in [6.07, 6.45) is -9.93. The van der Waals surface area contributed by atoms with Crippen LogP contribution in [0.1, 0.15) is 11.1 Å². The molecule has 3 nitrogen and oxygen atoms in total. The SMILES string of the molecule is NC(=O)COc1cc(C(F)(F)F)cc(C(F)(F)F)c1. The van der Waals surface area contributed by atoms with E-state index in [-0.39, 0.29) is 6.07 Å². The minimum Gasteiger partial charge on any atom is -0.484 e. The van der Waals surface area contributed by atoms with Crippen molar-refractivity contribution in [3.8, 4) is 5.75 Å². The van der Waals surface area contributed by atoms with E-state index in [1.54, 1.807) is 0 Å². The molecular weight excluding hydrogens is 280 g/mol. The number of benzene rings is 1. The number of alkyl halides is 6. The molecule has 0 aromatic heterocycles. The first kappa shape index (κ1) is 15.1. The van der Waals surface area contributed by atoms with Crippen molar-refractivity contribution in [2.75, 3.05) is 6.61 Å². The van der Waals surface area contributed by atoms with Gasteiger partial charge in [-0.05, 0) is 18.2 Å². The number of halogens is 6. The van der Waals surface area contributed by atoms with Gasteiger partial charge in [-0.2, -0.15) is 26.3 Å². The van der Waals surface area contributed by atoms with Crippen molar-refractivity contribution < 1.29 is 35.9 Å². The summed E-state index contributed by atoms with van der Waals surface area (Å²) < 4.78 is 79.0. The maximum Gasteiger partial charge on any atom is 0.416 e. The molecule has 1 rings (SSSR count). The molecule has 0 radical (unpaired) electrons. The number of amides is 1. The molecule has 0 unspecified atom stereocenters. The van der Waals surface area contributed by atoms with Crippen LogP contribution in [0.15, 0.2) is 18.2 Å². The van der Waals surface area contributed by atoms with E-state index < -0.39 is 41.7 Å². The van der Waals surface area contributed by atoms with Gasteiger partial charge in [-0.3, -0.25) is 4.79 Å². The van der Waals surface area contributed by atoms with E-state index in [1.165, 1.54) is 0 Å². The Labute approximate surface area is 102 Å². The summed E-state index contributed by atoms with van der Waals surface area (Å²) in [5.74, 6) is -1.76. The van der Waals surface area contributed by atoms with Gasteiger partial charge in [-0.15, -0.1) is 0 Å². The van der Waals surface area contributed by atoms with Crippen molar-refractivity contribution in [1.82, 2.24) is 0 Å². The third-order valence-corrected chi connectivity index (χ3v) is 1.94. The predicted octanol–water partition coefficient (Wildman–Crippen LogP) is 2.59. The van der Waals surface area contributed by atoms with E-state index in [0.29, 0.717) is 12.1 Å². The van der Waals surface area contributed by atoms with Gasteiger partial charge in [0, 0.05) is 0 Å². The van der Waals surface area contributed by atoms with Crippen LogP contribution in [0, 0.1) is 0 Å². The van der Waals surface area contributed by atoms with Gasteiger partial charge in [-0.25, -0.2) is 0 Å². The molecule has 0 aliphatic carbocycles. The largest absolute Gasteiger partial charge is 0.484 e. The van der Waals surface area contributed by atoms with Gasteiger partial charge < -0.3 is 10.5 Å². The zero-order chi connectivity index (χ0) is 14.8. The van der Waals surface area contributed by atoms with E-state index in [2.05, 4.69) is 10.5 Å². The number of rotatable bonds is 3. The van der Waals surface area contributed by atoms with E-state index in [1.807, 2.05) is 0 Å². The van der Waals surface area contributed by atoms with E-state index in [0.717, 1.165) is 0 Å². The summed E-state index contributed by atoms with van der Waals surface area (Å²) in [5, 5.41) is 0. The first-order valence-electron chi connectivity index (χ1n) is 4.71. The van der Waals surface area contributed by atoms with Gasteiger partial charge in [0.2, 0.25) is 0 Å². The topological polar surface area (TPSA) is 52.3 Å². The van der Waals surface area contributed by atoms with Crippen molar-refractivity contribution in [3.05, 3.63) is 29.3 Å². The Kier molecular flexibility index (Phi) is 3.97. The quantitative estimate of drug-likeness (QED) is 0.869. The molecule has 0 saturated carbocycles. The molecule has 19 heavy (non-hydrogen) atoms. The lowest BCUT2D eigenvalue weighted by Gasteiger charge is -2.14. The average Bonchev–Trinajstić information content (AvgIpc) is 2.23. The minimum atomic E-state index is -4.97. The first-order valence-corrected chi connectivity index (χ1v) is 4.71. The fourth-order valence-electron chi connectivity index (χ4n) is 1.16. The summed E-state index contributed by atoms with van der Waals surface area (Å²) in [4.78, 5) is 10.4. The molecule has 0 heterocycles. The van der Waals surface area contributed by atoms with Gasteiger partial charge in [0.1, 0.15) is 5.75 Å². The molecule has 1 aromatic rings. The zero-order valence-corrected chi connectivity index (χ0v) is 9.10. The highest BCUT2D eigenvalue weighted by Crippen LogP contribution is 2.38. The normalized spacial score (nSPS) is 12.3. The van der Waals surface area contributed by atoms with Crippen LogP contribution < -0.4 is 10.5 Å². The highest BCUT2D eigenvalue weighted by molar-refractivity contribution is 5.75. The molecule has 0 aliphatic rings. The van der Waals surface area contributed by atoms with E-state index in [4.69, 9.17) is 0 Å². The second kappa shape index (κ2) is 4.98. The van der Waals surface area contributed by atoms with Crippen molar-refractivity contribution in [2.24, 2.45) is 5.73 Å². The molecule has 1 aromatic carbocycles. The van der Waals surface area contributed by atoms with Crippen LogP contribution in [0.25, 0.3) is 0 Å². The molecular formula is C10H7F6NO2. The predicted molar refractivity (Wildman–Crippen MR) is 51.1 cm³/mol. The molecule has 0 fully saturated rings. The van der Waals surface area contributed by atoms with E-state index >= 15 is 0 Å². The third kappa shape index (κ3) is 4.34. The average molecular weight is 287 g/mol. The van der Waals surface area contributed by atoms with Crippen molar-refractivity contribution in [2.45, 2.75) is 12.4 Å². The zero-order valence-electron chi connectivity index (χ0n) is 9.10. The lowest BCUT2D eigenvalue weighted by molar-refractivity contribution is -0.143. The van der Waals surface area contributed by atoms with Crippen LogP contribution in [-0.2, 0) is 17.1 Å². The number of hydrogen-bond donors (Lipinski definition) is 1. The van der Waals surface area contributed by atoms with Crippen LogP contribution in [0.5, 0.6) is 5.75 Å². The summed E-state index contributed by atoms with van der Waals surface area (Å²) in [6.45, 7) is -0.821. The van der Waals surface area contributed by atoms with Gasteiger partial charge in [0.25, 0.3) is 5.91 Å². The van der Waals surface area contributed by atoms with Crippen LogP contribution in [0.3, 0.4) is 0 Å². The highest BCUT2D eigenvalue weighted by Gasteiger charge is 2.37. The Morgan fingerprint density at radius 1 is 1.00 bits per heavy atom. The number of hydrogen-bond acceptors (Lipinski definition) is 2. The summed E-state index contributed by atoms with van der Waals surface area (Å²) in [7, 11) is 0. The Balaban J connectivity index is 3.21. The maximum absolute atomic E-state index is 12.4. The smallest absolute Gasteiger partial charge is 0.416 e. The summed E-state index contributed by atoms with van der Waals surface area (Å²) >= 11 is 0. The first-order chi connectivity index (χ1) is 8.50. The molecule has 9 heteroatoms. The van der Waals surface area contributed by atoms with Gasteiger partial charge in [0.05, 0.1) is 11.1 Å². The van der Waals surface area contributed by atoms with Crippen molar-refractivity contribution in [1.29, 1.82) is 0 Å². The van der Waals surface area contributed by atoms with Gasteiger partial charge in [-0.1, -0.05) is 0 Å². The number of nitrogens with two attached hydrogens (primary N) is 1. The standard InChI is InChI=1S/C10H7F6NO2/c11-9(12,13)5-1-6(10(14,15)16)3-7(2-5)19-4-8(17)18/h1-3H,4H2,(H2,17,18). The highest BCUT2D eigenvalue weighted by atomic mass is 19.4. The number of primary amides is 1. The molecule has 0 spiro atoms. The summed E-state index contributed by atoms with van der Waals surface area (Å²) in [5.41, 5.74) is 1.63. The fraction of sp³-hybridized carbons (Fsp3) is 0.300. The monoisotopic (exact) mass is 287 g/mol. The second-order valence-corrected chi connectivity index (χ2v) is 3.50. The van der Waals surface area contributed by atoms with E-state index in [9.17, 15) is 31.1 Å². The Bertz CT molecular complexity index is 448. The second-order valence-electron chi connectivity index (χ2n) is 3.50. The maximum atomic E-state index is 12.4. The fourth-order valence-corrected chi connectivity index (χ4v) is 1.16.